The van der Waals surface area contributed by atoms with E-state index in [1.807, 2.05) is 13.8 Å². The van der Waals surface area contributed by atoms with Crippen LogP contribution in [0.2, 0.25) is 0 Å². The number of ketones is 1. The highest BCUT2D eigenvalue weighted by Crippen LogP contribution is 2.41. The predicted octanol–water partition coefficient (Wildman–Crippen LogP) is 2.31. The number of Topliss-reactive ketones (excluding diaryl/α,β-unsaturated/α-hetero) is 1. The monoisotopic (exact) mass is 206 g/mol. The van der Waals surface area contributed by atoms with Gasteiger partial charge >= 0.3 is 0 Å². The summed E-state index contributed by atoms with van der Waals surface area (Å²) in [7, 11) is 0. The van der Waals surface area contributed by atoms with E-state index in [0.717, 1.165) is 5.56 Å². The number of phenolic OH excluding ortho intramolecular Hbond substituents is 1. The zero-order valence-electron chi connectivity index (χ0n) is 9.13. The summed E-state index contributed by atoms with van der Waals surface area (Å²) in [5.41, 5.74) is 0.817. The normalized spacial score (nSPS) is 17.0. The van der Waals surface area contributed by atoms with Crippen LogP contribution < -0.4 is 4.74 Å². The lowest BCUT2D eigenvalue weighted by atomic mass is 9.98. The highest BCUT2D eigenvalue weighted by atomic mass is 16.5. The van der Waals surface area contributed by atoms with Crippen molar-refractivity contribution >= 4 is 5.78 Å². The SMILES string of the molecule is CC(=O)c1ccc2c(c1O)CC(C)(C)O2. The predicted molar refractivity (Wildman–Crippen MR) is 56.5 cm³/mol. The Morgan fingerprint density at radius 1 is 1.47 bits per heavy atom. The van der Waals surface area contributed by atoms with Crippen molar-refractivity contribution in [3.8, 4) is 11.5 Å². The summed E-state index contributed by atoms with van der Waals surface area (Å²) in [4.78, 5) is 11.2. The summed E-state index contributed by atoms with van der Waals surface area (Å²) >= 11 is 0. The van der Waals surface area contributed by atoms with Gasteiger partial charge in [0.15, 0.2) is 5.78 Å². The van der Waals surface area contributed by atoms with E-state index in [-0.39, 0.29) is 17.1 Å². The molecule has 0 fully saturated rings. The van der Waals surface area contributed by atoms with Crippen LogP contribution in [0.5, 0.6) is 11.5 Å². The van der Waals surface area contributed by atoms with Crippen molar-refractivity contribution in [1.29, 1.82) is 0 Å². The van der Waals surface area contributed by atoms with Crippen molar-refractivity contribution in [2.45, 2.75) is 32.8 Å². The van der Waals surface area contributed by atoms with Gasteiger partial charge in [0.2, 0.25) is 0 Å². The maximum Gasteiger partial charge on any atom is 0.163 e. The molecular weight excluding hydrogens is 192 g/mol. The van der Waals surface area contributed by atoms with E-state index in [4.69, 9.17) is 4.74 Å². The molecule has 3 nitrogen and oxygen atoms in total. The number of rotatable bonds is 1. The molecule has 0 saturated heterocycles. The first-order chi connectivity index (χ1) is 6.91. The Hall–Kier alpha value is -1.51. The van der Waals surface area contributed by atoms with Gasteiger partial charge in [0.05, 0.1) is 5.56 Å². The molecule has 0 amide bonds. The number of benzene rings is 1. The fraction of sp³-hybridized carbons (Fsp3) is 0.417. The number of carbonyl (C=O) groups is 1. The van der Waals surface area contributed by atoms with Crippen LogP contribution in [0.3, 0.4) is 0 Å². The lowest BCUT2D eigenvalue weighted by Gasteiger charge is -2.16. The summed E-state index contributed by atoms with van der Waals surface area (Å²) < 4.78 is 5.64. The molecular formula is C12H14O3. The fourth-order valence-corrected chi connectivity index (χ4v) is 1.93. The third-order valence-corrected chi connectivity index (χ3v) is 2.61. The number of carbonyl (C=O) groups excluding carboxylic acids is 1. The van der Waals surface area contributed by atoms with Crippen LogP contribution in [-0.2, 0) is 6.42 Å². The Kier molecular flexibility index (Phi) is 2.00. The second kappa shape index (κ2) is 2.99. The van der Waals surface area contributed by atoms with Crippen LogP contribution in [0.4, 0.5) is 0 Å². The first-order valence-electron chi connectivity index (χ1n) is 4.95. The number of hydrogen-bond acceptors (Lipinski definition) is 3. The molecule has 1 aromatic rings. The maximum absolute atomic E-state index is 11.2. The molecule has 1 aromatic carbocycles. The number of aromatic hydroxyl groups is 1. The van der Waals surface area contributed by atoms with Gasteiger partial charge in [0.1, 0.15) is 17.1 Å². The van der Waals surface area contributed by atoms with Crippen molar-refractivity contribution in [2.24, 2.45) is 0 Å². The summed E-state index contributed by atoms with van der Waals surface area (Å²) in [6.07, 6.45) is 0.634. The average Bonchev–Trinajstić information content (AvgIpc) is 2.40. The molecule has 0 radical (unpaired) electrons. The molecule has 15 heavy (non-hydrogen) atoms. The van der Waals surface area contributed by atoms with Gasteiger partial charge < -0.3 is 9.84 Å². The van der Waals surface area contributed by atoms with E-state index in [1.54, 1.807) is 12.1 Å². The van der Waals surface area contributed by atoms with E-state index in [0.29, 0.717) is 17.7 Å². The minimum absolute atomic E-state index is 0.0746. The van der Waals surface area contributed by atoms with E-state index in [1.165, 1.54) is 6.92 Å². The van der Waals surface area contributed by atoms with Gasteiger partial charge in [-0.25, -0.2) is 0 Å². The van der Waals surface area contributed by atoms with Crippen LogP contribution in [0.1, 0.15) is 36.7 Å². The standard InChI is InChI=1S/C12H14O3/c1-7(13)8-4-5-10-9(11(8)14)6-12(2,3)15-10/h4-5,14H,6H2,1-3H3. The Labute approximate surface area is 88.7 Å². The van der Waals surface area contributed by atoms with Gasteiger partial charge in [-0.2, -0.15) is 0 Å². The van der Waals surface area contributed by atoms with E-state index in [9.17, 15) is 9.90 Å². The van der Waals surface area contributed by atoms with Crippen molar-refractivity contribution < 1.29 is 14.6 Å². The highest BCUT2D eigenvalue weighted by molar-refractivity contribution is 5.97. The second-order valence-electron chi connectivity index (χ2n) is 4.53. The van der Waals surface area contributed by atoms with Crippen LogP contribution in [-0.4, -0.2) is 16.5 Å². The number of hydrogen-bond donors (Lipinski definition) is 1. The Balaban J connectivity index is 2.53. The largest absolute Gasteiger partial charge is 0.507 e. The van der Waals surface area contributed by atoms with Crippen LogP contribution in [0, 0.1) is 0 Å². The first-order valence-corrected chi connectivity index (χ1v) is 4.95. The van der Waals surface area contributed by atoms with Crippen LogP contribution >= 0.6 is 0 Å². The molecule has 0 saturated carbocycles. The molecule has 3 heteroatoms. The molecule has 1 aliphatic heterocycles. The third-order valence-electron chi connectivity index (χ3n) is 2.61. The van der Waals surface area contributed by atoms with Crippen molar-refractivity contribution in [1.82, 2.24) is 0 Å². The van der Waals surface area contributed by atoms with Gasteiger partial charge in [-0.3, -0.25) is 4.79 Å². The molecule has 0 unspecified atom stereocenters. The zero-order valence-corrected chi connectivity index (χ0v) is 9.13. The smallest absolute Gasteiger partial charge is 0.163 e. The molecule has 0 spiro atoms. The molecule has 1 heterocycles. The molecule has 1 N–H and O–H groups in total. The molecule has 0 bridgehead atoms. The average molecular weight is 206 g/mol. The lowest BCUT2D eigenvalue weighted by molar-refractivity contribution is 0.101. The van der Waals surface area contributed by atoms with E-state index in [2.05, 4.69) is 0 Å². The fourth-order valence-electron chi connectivity index (χ4n) is 1.93. The van der Waals surface area contributed by atoms with E-state index >= 15 is 0 Å². The molecule has 0 aliphatic carbocycles. The first kappa shape index (κ1) is 10.0. The van der Waals surface area contributed by atoms with Crippen molar-refractivity contribution in [3.05, 3.63) is 23.3 Å². The molecule has 1 aliphatic rings. The van der Waals surface area contributed by atoms with Gasteiger partial charge in [0.25, 0.3) is 0 Å². The van der Waals surface area contributed by atoms with Crippen LogP contribution in [0.15, 0.2) is 12.1 Å². The van der Waals surface area contributed by atoms with Gasteiger partial charge in [-0.05, 0) is 32.9 Å². The Bertz CT molecular complexity index is 433. The lowest BCUT2D eigenvalue weighted by Crippen LogP contribution is -2.24. The number of fused-ring (bicyclic) bond motifs is 1. The topological polar surface area (TPSA) is 46.5 Å². The second-order valence-corrected chi connectivity index (χ2v) is 4.53. The van der Waals surface area contributed by atoms with Crippen molar-refractivity contribution in [3.63, 3.8) is 0 Å². The summed E-state index contributed by atoms with van der Waals surface area (Å²) in [5, 5.41) is 9.91. The van der Waals surface area contributed by atoms with Crippen molar-refractivity contribution in [2.75, 3.05) is 0 Å². The Morgan fingerprint density at radius 2 is 2.13 bits per heavy atom. The number of phenols is 1. The molecule has 2 rings (SSSR count). The highest BCUT2D eigenvalue weighted by Gasteiger charge is 2.33. The Morgan fingerprint density at radius 3 is 2.73 bits per heavy atom. The minimum atomic E-state index is -0.296. The molecule has 0 aromatic heterocycles. The van der Waals surface area contributed by atoms with Gasteiger partial charge in [0, 0.05) is 12.0 Å². The minimum Gasteiger partial charge on any atom is -0.507 e. The van der Waals surface area contributed by atoms with Gasteiger partial charge in [-0.1, -0.05) is 0 Å². The van der Waals surface area contributed by atoms with Gasteiger partial charge in [-0.15, -0.1) is 0 Å². The van der Waals surface area contributed by atoms with Crippen LogP contribution in [0.25, 0.3) is 0 Å². The third kappa shape index (κ3) is 1.58. The van der Waals surface area contributed by atoms with E-state index < -0.39 is 0 Å². The quantitative estimate of drug-likeness (QED) is 0.717. The molecule has 80 valence electrons. The summed E-state index contributed by atoms with van der Waals surface area (Å²) in [6.45, 7) is 5.36. The number of ether oxygens (including phenoxy) is 1. The summed E-state index contributed by atoms with van der Waals surface area (Å²) in [6, 6.07) is 3.36. The zero-order chi connectivity index (χ0) is 11.2. The maximum atomic E-state index is 11.2. The summed E-state index contributed by atoms with van der Waals surface area (Å²) in [5.74, 6) is 0.632. The molecule has 0 atom stereocenters.